The predicted molar refractivity (Wildman–Crippen MR) is 92.7 cm³/mol. The van der Waals surface area contributed by atoms with E-state index in [2.05, 4.69) is 26.7 Å². The van der Waals surface area contributed by atoms with Gasteiger partial charge in [-0.2, -0.15) is 0 Å². The largest absolute Gasteiger partial charge is 0.351 e. The number of nitrogens with zero attached hydrogens (tertiary/aromatic N) is 2. The van der Waals surface area contributed by atoms with Crippen LogP contribution in [-0.2, 0) is 5.54 Å². The minimum atomic E-state index is -0.159. The molecule has 0 saturated heterocycles. The molecule has 114 valence electrons. The van der Waals surface area contributed by atoms with Gasteiger partial charge in [-0.15, -0.1) is 0 Å². The molecule has 1 aliphatic carbocycles. The maximum Gasteiger partial charge on any atom is 0.172 e. The highest BCUT2D eigenvalue weighted by atomic mass is 32.1. The van der Waals surface area contributed by atoms with Crippen LogP contribution >= 0.6 is 12.2 Å². The second-order valence-corrected chi connectivity index (χ2v) is 6.16. The molecule has 0 aliphatic heterocycles. The van der Waals surface area contributed by atoms with Gasteiger partial charge in [0.2, 0.25) is 0 Å². The molecule has 1 fully saturated rings. The summed E-state index contributed by atoms with van der Waals surface area (Å²) in [6.07, 6.45) is 8.09. The third kappa shape index (κ3) is 3.09. The zero-order valence-corrected chi connectivity index (χ0v) is 13.5. The molecule has 0 atom stereocenters. The van der Waals surface area contributed by atoms with Crippen LogP contribution in [0.2, 0.25) is 0 Å². The van der Waals surface area contributed by atoms with Crippen molar-refractivity contribution in [3.8, 4) is 0 Å². The number of nitrogens with one attached hydrogen (secondary N) is 2. The summed E-state index contributed by atoms with van der Waals surface area (Å²) in [6, 6.07) is 9.99. The molecule has 2 aromatic heterocycles. The van der Waals surface area contributed by atoms with Crippen LogP contribution in [0.25, 0.3) is 0 Å². The molecule has 0 radical (unpaired) electrons. The molecule has 22 heavy (non-hydrogen) atoms. The summed E-state index contributed by atoms with van der Waals surface area (Å²) in [6.45, 7) is 2.02. The van der Waals surface area contributed by atoms with E-state index >= 15 is 0 Å². The summed E-state index contributed by atoms with van der Waals surface area (Å²) >= 11 is 5.51. The predicted octanol–water partition coefficient (Wildman–Crippen LogP) is 3.54. The van der Waals surface area contributed by atoms with Gasteiger partial charge in [-0.1, -0.05) is 25.0 Å². The molecule has 1 aliphatic rings. The molecule has 3 rings (SSSR count). The second kappa shape index (κ2) is 6.40. The first kappa shape index (κ1) is 14.9. The zero-order chi connectivity index (χ0) is 15.4. The van der Waals surface area contributed by atoms with E-state index in [0.29, 0.717) is 5.11 Å². The van der Waals surface area contributed by atoms with Gasteiger partial charge in [0.05, 0.1) is 11.2 Å². The fraction of sp³-hybridized carbons (Fsp3) is 0.353. The molecule has 5 heteroatoms. The minimum absolute atomic E-state index is 0.159. The first-order chi connectivity index (χ1) is 10.7. The number of aromatic nitrogens is 2. The smallest absolute Gasteiger partial charge is 0.172 e. The zero-order valence-electron chi connectivity index (χ0n) is 12.7. The summed E-state index contributed by atoms with van der Waals surface area (Å²) in [5, 5.41) is 7.32. The number of anilines is 1. The summed E-state index contributed by atoms with van der Waals surface area (Å²) in [5.74, 6) is 0.800. The fourth-order valence-electron chi connectivity index (χ4n) is 3.04. The van der Waals surface area contributed by atoms with Crippen molar-refractivity contribution in [2.45, 2.75) is 38.1 Å². The van der Waals surface area contributed by atoms with Crippen LogP contribution in [0.5, 0.6) is 0 Å². The molecular weight excluding hydrogens is 292 g/mol. The normalized spacial score (nSPS) is 16.2. The Labute approximate surface area is 136 Å². The Morgan fingerprint density at radius 2 is 1.86 bits per heavy atom. The highest BCUT2D eigenvalue weighted by molar-refractivity contribution is 7.80. The monoisotopic (exact) mass is 312 g/mol. The van der Waals surface area contributed by atoms with Crippen LogP contribution in [0.4, 0.5) is 5.82 Å². The van der Waals surface area contributed by atoms with E-state index in [1.807, 2.05) is 37.4 Å². The Hall–Kier alpha value is -2.01. The van der Waals surface area contributed by atoms with Gasteiger partial charge in [-0.05, 0) is 55.7 Å². The lowest BCUT2D eigenvalue weighted by molar-refractivity contribution is 0.396. The topological polar surface area (TPSA) is 49.8 Å². The number of thiocarbonyl (C=S) groups is 1. The summed E-state index contributed by atoms with van der Waals surface area (Å²) in [5.41, 5.74) is 1.98. The molecule has 0 bridgehead atoms. The maximum atomic E-state index is 5.51. The average molecular weight is 312 g/mol. The van der Waals surface area contributed by atoms with Gasteiger partial charge in [0.1, 0.15) is 5.82 Å². The van der Waals surface area contributed by atoms with Crippen LogP contribution in [-0.4, -0.2) is 15.1 Å². The Morgan fingerprint density at radius 3 is 2.55 bits per heavy atom. The van der Waals surface area contributed by atoms with Crippen LogP contribution in [0.3, 0.4) is 0 Å². The number of pyridine rings is 2. The van der Waals surface area contributed by atoms with E-state index in [9.17, 15) is 0 Å². The standard InChI is InChI=1S/C17H20N4S/c1-13-7-6-12-19-15(13)20-16(22)21-17(9-3-4-10-17)14-8-2-5-11-18-14/h2,5-8,11-12H,3-4,9-10H2,1H3,(H2,19,20,21,22). The van der Waals surface area contributed by atoms with Crippen LogP contribution in [0.1, 0.15) is 36.9 Å². The third-order valence-corrected chi connectivity index (χ3v) is 4.41. The van der Waals surface area contributed by atoms with Crippen molar-refractivity contribution < 1.29 is 0 Å². The number of hydrogen-bond donors (Lipinski definition) is 2. The van der Waals surface area contributed by atoms with Gasteiger partial charge in [-0.3, -0.25) is 4.98 Å². The van der Waals surface area contributed by atoms with Gasteiger partial charge >= 0.3 is 0 Å². The molecule has 2 heterocycles. The third-order valence-electron chi connectivity index (χ3n) is 4.21. The first-order valence-electron chi connectivity index (χ1n) is 7.62. The fourth-order valence-corrected chi connectivity index (χ4v) is 3.33. The lowest BCUT2D eigenvalue weighted by atomic mass is 9.93. The van der Waals surface area contributed by atoms with Gasteiger partial charge in [-0.25, -0.2) is 4.98 Å². The van der Waals surface area contributed by atoms with Crippen LogP contribution < -0.4 is 10.6 Å². The molecule has 0 unspecified atom stereocenters. The molecule has 0 amide bonds. The van der Waals surface area contributed by atoms with E-state index in [0.717, 1.165) is 29.9 Å². The first-order valence-corrected chi connectivity index (χ1v) is 8.03. The molecular formula is C17H20N4S. The summed E-state index contributed by atoms with van der Waals surface area (Å²) in [4.78, 5) is 8.88. The number of aryl methyl sites for hydroxylation is 1. The molecule has 0 spiro atoms. The van der Waals surface area contributed by atoms with E-state index in [1.165, 1.54) is 12.8 Å². The van der Waals surface area contributed by atoms with Crippen molar-refractivity contribution in [2.75, 3.05) is 5.32 Å². The van der Waals surface area contributed by atoms with Gasteiger partial charge in [0, 0.05) is 12.4 Å². The molecule has 0 aromatic carbocycles. The van der Waals surface area contributed by atoms with Crippen molar-refractivity contribution in [2.24, 2.45) is 0 Å². The highest BCUT2D eigenvalue weighted by Crippen LogP contribution is 2.37. The van der Waals surface area contributed by atoms with Crippen molar-refractivity contribution in [1.29, 1.82) is 0 Å². The van der Waals surface area contributed by atoms with E-state index in [-0.39, 0.29) is 5.54 Å². The van der Waals surface area contributed by atoms with Crippen molar-refractivity contribution >= 4 is 23.1 Å². The highest BCUT2D eigenvalue weighted by Gasteiger charge is 2.37. The average Bonchev–Trinajstić information content (AvgIpc) is 3.00. The van der Waals surface area contributed by atoms with Crippen molar-refractivity contribution in [3.63, 3.8) is 0 Å². The van der Waals surface area contributed by atoms with E-state index in [1.54, 1.807) is 6.20 Å². The van der Waals surface area contributed by atoms with Crippen molar-refractivity contribution in [1.82, 2.24) is 15.3 Å². The Kier molecular flexibility index (Phi) is 4.34. The molecule has 4 nitrogen and oxygen atoms in total. The molecule has 1 saturated carbocycles. The lowest BCUT2D eigenvalue weighted by Gasteiger charge is -2.31. The summed E-state index contributed by atoms with van der Waals surface area (Å²) in [7, 11) is 0. The Balaban J connectivity index is 1.77. The van der Waals surface area contributed by atoms with Gasteiger partial charge in [0.25, 0.3) is 0 Å². The number of rotatable bonds is 3. The Bertz CT molecular complexity index is 651. The second-order valence-electron chi connectivity index (χ2n) is 5.75. The van der Waals surface area contributed by atoms with Crippen LogP contribution in [0, 0.1) is 6.92 Å². The lowest BCUT2D eigenvalue weighted by Crippen LogP contribution is -2.46. The van der Waals surface area contributed by atoms with E-state index in [4.69, 9.17) is 12.2 Å². The SMILES string of the molecule is Cc1cccnc1NC(=S)NC1(c2ccccn2)CCCC1. The maximum absolute atomic E-state index is 5.51. The minimum Gasteiger partial charge on any atom is -0.351 e. The summed E-state index contributed by atoms with van der Waals surface area (Å²) < 4.78 is 0. The Morgan fingerprint density at radius 1 is 1.09 bits per heavy atom. The molecule has 2 aromatic rings. The number of hydrogen-bond acceptors (Lipinski definition) is 3. The van der Waals surface area contributed by atoms with Crippen molar-refractivity contribution in [3.05, 3.63) is 54.0 Å². The molecule has 2 N–H and O–H groups in total. The van der Waals surface area contributed by atoms with Gasteiger partial charge < -0.3 is 10.6 Å². The van der Waals surface area contributed by atoms with Gasteiger partial charge in [0.15, 0.2) is 5.11 Å². The van der Waals surface area contributed by atoms with Crippen LogP contribution in [0.15, 0.2) is 42.7 Å². The van der Waals surface area contributed by atoms with E-state index < -0.39 is 0 Å². The quantitative estimate of drug-likeness (QED) is 0.849.